The van der Waals surface area contributed by atoms with Crippen LogP contribution in [0, 0.1) is 12.3 Å². The number of benzene rings is 1. The first-order valence-electron chi connectivity index (χ1n) is 10.5. The lowest BCUT2D eigenvalue weighted by atomic mass is 10.0. The van der Waals surface area contributed by atoms with E-state index < -0.39 is 6.04 Å². The van der Waals surface area contributed by atoms with Crippen LogP contribution in [0.3, 0.4) is 0 Å². The quantitative estimate of drug-likeness (QED) is 0.517. The fraction of sp³-hybridized carbons (Fsp3) is 0.200. The van der Waals surface area contributed by atoms with Gasteiger partial charge in [0.15, 0.2) is 0 Å². The summed E-state index contributed by atoms with van der Waals surface area (Å²) in [6, 6.07) is 11.8. The summed E-state index contributed by atoms with van der Waals surface area (Å²) in [7, 11) is 3.18. The van der Waals surface area contributed by atoms with Crippen molar-refractivity contribution < 1.29 is 9.53 Å². The van der Waals surface area contributed by atoms with Gasteiger partial charge in [-0.3, -0.25) is 14.5 Å². The third-order valence-electron chi connectivity index (χ3n) is 5.65. The molecule has 0 aliphatic carbocycles. The van der Waals surface area contributed by atoms with Crippen molar-refractivity contribution in [3.63, 3.8) is 0 Å². The van der Waals surface area contributed by atoms with Crippen molar-refractivity contribution in [3.05, 3.63) is 92.6 Å². The fourth-order valence-electron chi connectivity index (χ4n) is 4.06. The van der Waals surface area contributed by atoms with E-state index in [1.165, 1.54) is 11.7 Å². The van der Waals surface area contributed by atoms with Crippen molar-refractivity contribution in [2.45, 2.75) is 19.9 Å². The van der Waals surface area contributed by atoms with Gasteiger partial charge in [-0.05, 0) is 43.7 Å². The van der Waals surface area contributed by atoms with E-state index in [-0.39, 0.29) is 22.8 Å². The monoisotopic (exact) mass is 477 g/mol. The number of halogens is 1. The van der Waals surface area contributed by atoms with Crippen molar-refractivity contribution >= 4 is 34.6 Å². The maximum Gasteiger partial charge on any atom is 0.262 e. The summed E-state index contributed by atoms with van der Waals surface area (Å²) in [5, 5.41) is 12.3. The highest BCUT2D eigenvalue weighted by atomic mass is 35.5. The second-order valence-corrected chi connectivity index (χ2v) is 8.49. The van der Waals surface area contributed by atoms with E-state index in [1.54, 1.807) is 68.5 Å². The van der Waals surface area contributed by atoms with Crippen LogP contribution < -0.4 is 20.5 Å². The number of ether oxygens (including phenoxy) is 1. The Hall–Kier alpha value is -3.91. The molecular weight excluding hydrogens is 454 g/mol. The van der Waals surface area contributed by atoms with Crippen molar-refractivity contribution in [1.82, 2.24) is 9.55 Å². The Morgan fingerprint density at radius 3 is 2.44 bits per heavy atom. The Balaban J connectivity index is 1.91. The molecule has 1 atom stereocenters. The van der Waals surface area contributed by atoms with Gasteiger partial charge in [-0.25, -0.2) is 4.98 Å². The van der Waals surface area contributed by atoms with Gasteiger partial charge in [0.25, 0.3) is 11.5 Å². The topological polar surface area (TPSA) is 100 Å². The zero-order chi connectivity index (χ0) is 24.6. The highest BCUT2D eigenvalue weighted by molar-refractivity contribution is 6.30. The lowest BCUT2D eigenvalue weighted by Gasteiger charge is -2.28. The number of pyridine rings is 2. The number of amides is 1. The number of methoxy groups -OCH3 is 1. The van der Waals surface area contributed by atoms with Gasteiger partial charge < -0.3 is 20.0 Å². The summed E-state index contributed by atoms with van der Waals surface area (Å²) in [4.78, 5) is 31.9. The smallest absolute Gasteiger partial charge is 0.262 e. The summed E-state index contributed by atoms with van der Waals surface area (Å²) >= 11 is 6.13. The van der Waals surface area contributed by atoms with Crippen molar-refractivity contribution in [2.24, 2.45) is 7.05 Å². The first-order valence-corrected chi connectivity index (χ1v) is 10.9. The number of carbonyl (C=O) groups is 1. The van der Waals surface area contributed by atoms with Crippen LogP contribution in [0.4, 0.5) is 11.4 Å². The molecule has 174 valence electrons. The van der Waals surface area contributed by atoms with Gasteiger partial charge in [0.05, 0.1) is 36.0 Å². The summed E-state index contributed by atoms with van der Waals surface area (Å²) < 4.78 is 6.59. The number of aromatic nitrogens is 2. The van der Waals surface area contributed by atoms with Gasteiger partial charge in [0, 0.05) is 35.6 Å². The van der Waals surface area contributed by atoms with Crippen LogP contribution in [0.25, 0.3) is 0 Å². The Bertz CT molecular complexity index is 1330. The molecule has 1 aromatic carbocycles. The zero-order valence-corrected chi connectivity index (χ0v) is 20.0. The van der Waals surface area contributed by atoms with Gasteiger partial charge >= 0.3 is 0 Å². The van der Waals surface area contributed by atoms with Gasteiger partial charge in [-0.15, -0.1) is 0 Å². The molecule has 0 saturated heterocycles. The third kappa shape index (κ3) is 4.20. The molecule has 34 heavy (non-hydrogen) atoms. The minimum Gasteiger partial charge on any atom is -0.481 e. The van der Waals surface area contributed by atoms with Crippen LogP contribution in [0.5, 0.6) is 5.88 Å². The summed E-state index contributed by atoms with van der Waals surface area (Å²) in [6.07, 6.45) is 3.23. The molecule has 1 unspecified atom stereocenters. The molecule has 0 radical (unpaired) electrons. The molecule has 1 amide bonds. The van der Waals surface area contributed by atoms with Crippen LogP contribution in [-0.4, -0.2) is 28.3 Å². The van der Waals surface area contributed by atoms with E-state index in [0.29, 0.717) is 33.5 Å². The van der Waals surface area contributed by atoms with E-state index in [4.69, 9.17) is 21.7 Å². The lowest BCUT2D eigenvalue weighted by Crippen LogP contribution is -2.33. The van der Waals surface area contributed by atoms with E-state index >= 15 is 0 Å². The predicted octanol–water partition coefficient (Wildman–Crippen LogP) is 4.24. The molecule has 8 nitrogen and oxygen atoms in total. The highest BCUT2D eigenvalue weighted by Gasteiger charge is 2.42. The Kier molecular flexibility index (Phi) is 6.26. The van der Waals surface area contributed by atoms with Crippen LogP contribution in [-0.2, 0) is 11.8 Å². The summed E-state index contributed by atoms with van der Waals surface area (Å²) in [5.74, 6) is 0.122. The molecule has 4 rings (SSSR count). The minimum atomic E-state index is -0.584. The van der Waals surface area contributed by atoms with Crippen LogP contribution in [0.1, 0.15) is 24.1 Å². The number of nitrogens with zero attached hydrogens (tertiary/aromatic N) is 3. The van der Waals surface area contributed by atoms with E-state index in [2.05, 4.69) is 10.3 Å². The zero-order valence-electron chi connectivity index (χ0n) is 19.2. The van der Waals surface area contributed by atoms with E-state index in [0.717, 1.165) is 5.56 Å². The Labute approximate surface area is 202 Å². The molecule has 3 heterocycles. The normalized spacial score (nSPS) is 15.6. The third-order valence-corrected chi connectivity index (χ3v) is 5.90. The second-order valence-electron chi connectivity index (χ2n) is 8.05. The van der Waals surface area contributed by atoms with Crippen molar-refractivity contribution in [2.75, 3.05) is 17.3 Å². The van der Waals surface area contributed by atoms with Gasteiger partial charge in [0.2, 0.25) is 5.88 Å². The first-order chi connectivity index (χ1) is 16.2. The summed E-state index contributed by atoms with van der Waals surface area (Å²) in [5.41, 5.74) is 3.27. The maximum absolute atomic E-state index is 13.7. The number of carbonyl (C=O) groups excluding carboxylic acids is 1. The molecule has 0 fully saturated rings. The molecule has 1 aliphatic rings. The molecule has 2 aromatic heterocycles. The molecule has 2 N–H and O–H groups in total. The molecule has 1 aliphatic heterocycles. The minimum absolute atomic E-state index is 0.122. The maximum atomic E-state index is 13.7. The average molecular weight is 478 g/mol. The van der Waals surface area contributed by atoms with Crippen LogP contribution in [0.2, 0.25) is 5.02 Å². The van der Waals surface area contributed by atoms with Gasteiger partial charge in [0.1, 0.15) is 6.04 Å². The number of rotatable bonds is 6. The second kappa shape index (κ2) is 9.15. The Morgan fingerprint density at radius 1 is 1.18 bits per heavy atom. The highest BCUT2D eigenvalue weighted by Crippen LogP contribution is 2.42. The lowest BCUT2D eigenvalue weighted by molar-refractivity contribution is -0.114. The molecule has 0 spiro atoms. The average Bonchev–Trinajstić information content (AvgIpc) is 3.10. The van der Waals surface area contributed by atoms with Crippen molar-refractivity contribution in [1.29, 1.82) is 5.41 Å². The number of hydrogen-bond acceptors (Lipinski definition) is 6. The van der Waals surface area contributed by atoms with Crippen LogP contribution in [0.15, 0.2) is 70.9 Å². The predicted molar refractivity (Wildman–Crippen MR) is 133 cm³/mol. The number of hydrogen-bond donors (Lipinski definition) is 2. The fourth-order valence-corrected chi connectivity index (χ4v) is 4.18. The largest absolute Gasteiger partial charge is 0.481 e. The Morgan fingerprint density at radius 2 is 1.88 bits per heavy atom. The summed E-state index contributed by atoms with van der Waals surface area (Å²) in [6.45, 7) is 3.29. The van der Waals surface area contributed by atoms with E-state index in [1.807, 2.05) is 12.1 Å². The standard InChI is InChI=1S/C25H24ClN5O3/c1-14-11-19(13-30(3)24(14)32)31-23(16-5-7-17(26)8-6-16)22(21(15(2)27)25(31)33)29-18-9-10-20(34-4)28-12-18/h5-13,23,27,29H,1-4H3. The SMILES string of the molecule is COc1ccc(NC2=C(C(C)=N)C(=O)N(c3cc(C)c(=O)n(C)c3)C2c2ccc(Cl)cc2)cn1. The van der Waals surface area contributed by atoms with Crippen molar-refractivity contribution in [3.8, 4) is 5.88 Å². The van der Waals surface area contributed by atoms with Crippen LogP contribution >= 0.6 is 11.6 Å². The number of nitrogens with one attached hydrogen (secondary N) is 2. The molecule has 3 aromatic rings. The number of aryl methyl sites for hydroxylation is 2. The number of anilines is 2. The molecule has 9 heteroatoms. The molecule has 0 saturated carbocycles. The van der Waals surface area contributed by atoms with Gasteiger partial charge in [-0.1, -0.05) is 23.7 Å². The molecule has 0 bridgehead atoms. The first kappa shape index (κ1) is 23.3. The molecular formula is C25H24ClN5O3. The van der Waals surface area contributed by atoms with E-state index in [9.17, 15) is 9.59 Å². The van der Waals surface area contributed by atoms with Gasteiger partial charge in [-0.2, -0.15) is 0 Å².